The number of aromatic nitrogens is 5. The summed E-state index contributed by atoms with van der Waals surface area (Å²) in [5.41, 5.74) is 4.49. The number of fused-ring (bicyclic) bond motifs is 1. The minimum atomic E-state index is 0.613. The van der Waals surface area contributed by atoms with Gasteiger partial charge in [0.1, 0.15) is 5.69 Å². The Morgan fingerprint density at radius 2 is 2.16 bits per heavy atom. The Balaban J connectivity index is 1.85. The van der Waals surface area contributed by atoms with Gasteiger partial charge in [0.05, 0.1) is 17.6 Å². The molecular weight excluding hydrogens is 240 g/mol. The zero-order valence-electron chi connectivity index (χ0n) is 10.7. The topological polar surface area (TPSA) is 79.4 Å². The van der Waals surface area contributed by atoms with Crippen molar-refractivity contribution in [3.8, 4) is 11.5 Å². The van der Waals surface area contributed by atoms with Gasteiger partial charge < -0.3 is 5.32 Å². The van der Waals surface area contributed by atoms with E-state index in [1.165, 1.54) is 36.2 Å². The van der Waals surface area contributed by atoms with E-state index in [1.807, 2.05) is 0 Å². The Labute approximate surface area is 111 Å². The van der Waals surface area contributed by atoms with Crippen LogP contribution in [-0.4, -0.2) is 31.9 Å². The molecule has 0 unspecified atom stereocenters. The summed E-state index contributed by atoms with van der Waals surface area (Å²) >= 11 is 0. The maximum atomic E-state index is 4.78. The molecule has 0 aromatic carbocycles. The first-order valence-electron chi connectivity index (χ1n) is 6.88. The molecule has 1 aliphatic carbocycles. The summed E-state index contributed by atoms with van der Waals surface area (Å²) in [5.74, 6) is 1.33. The van der Waals surface area contributed by atoms with E-state index >= 15 is 0 Å². The van der Waals surface area contributed by atoms with E-state index < -0.39 is 0 Å². The summed E-state index contributed by atoms with van der Waals surface area (Å²) < 4.78 is 0. The van der Waals surface area contributed by atoms with Gasteiger partial charge in [0.25, 0.3) is 0 Å². The average Bonchev–Trinajstić information content (AvgIpc) is 2.90. The van der Waals surface area contributed by atoms with Gasteiger partial charge in [-0.15, -0.1) is 0 Å². The van der Waals surface area contributed by atoms with Gasteiger partial charge in [0.15, 0.2) is 5.82 Å². The molecule has 1 saturated carbocycles. The highest BCUT2D eigenvalue weighted by atomic mass is 15.3. The zero-order valence-corrected chi connectivity index (χ0v) is 10.7. The van der Waals surface area contributed by atoms with Crippen LogP contribution in [-0.2, 0) is 13.0 Å². The summed E-state index contributed by atoms with van der Waals surface area (Å²) in [6.07, 6.45) is 6.48. The molecule has 6 nitrogen and oxygen atoms in total. The number of rotatable bonds is 2. The lowest BCUT2D eigenvalue weighted by Gasteiger charge is -2.29. The molecule has 2 aromatic rings. The Morgan fingerprint density at radius 3 is 2.89 bits per heavy atom. The first-order chi connectivity index (χ1) is 9.42. The molecule has 0 atom stereocenters. The van der Waals surface area contributed by atoms with Crippen molar-refractivity contribution in [3.63, 3.8) is 0 Å². The van der Waals surface area contributed by atoms with E-state index in [4.69, 9.17) is 4.98 Å². The Hall–Kier alpha value is -1.82. The molecule has 98 valence electrons. The van der Waals surface area contributed by atoms with Crippen molar-refractivity contribution in [1.29, 1.82) is 0 Å². The molecule has 2 aromatic heterocycles. The fraction of sp³-hybridized carbons (Fsp3) is 0.538. The van der Waals surface area contributed by atoms with E-state index in [-0.39, 0.29) is 0 Å². The first-order valence-corrected chi connectivity index (χ1v) is 6.88. The second kappa shape index (κ2) is 4.38. The van der Waals surface area contributed by atoms with Gasteiger partial charge in [-0.3, -0.25) is 0 Å². The van der Waals surface area contributed by atoms with Gasteiger partial charge in [0, 0.05) is 31.0 Å². The van der Waals surface area contributed by atoms with Crippen LogP contribution < -0.4 is 5.32 Å². The van der Waals surface area contributed by atoms with Gasteiger partial charge in [-0.1, -0.05) is 6.42 Å². The molecule has 4 rings (SSSR count). The third-order valence-electron chi connectivity index (χ3n) is 4.10. The van der Waals surface area contributed by atoms with Crippen LogP contribution in [0.25, 0.3) is 11.5 Å². The monoisotopic (exact) mass is 256 g/mol. The molecule has 0 bridgehead atoms. The zero-order chi connectivity index (χ0) is 12.7. The summed E-state index contributed by atoms with van der Waals surface area (Å²) in [6, 6.07) is 0. The minimum Gasteiger partial charge on any atom is -0.312 e. The van der Waals surface area contributed by atoms with Gasteiger partial charge in [-0.2, -0.15) is 15.4 Å². The number of nitrogens with zero attached hydrogens (tertiary/aromatic N) is 4. The van der Waals surface area contributed by atoms with E-state index in [9.17, 15) is 0 Å². The van der Waals surface area contributed by atoms with Crippen LogP contribution in [0.3, 0.4) is 0 Å². The van der Waals surface area contributed by atoms with Crippen LogP contribution in [0.4, 0.5) is 0 Å². The van der Waals surface area contributed by atoms with Gasteiger partial charge >= 0.3 is 0 Å². The summed E-state index contributed by atoms with van der Waals surface area (Å²) in [7, 11) is 0. The third-order valence-corrected chi connectivity index (χ3v) is 4.10. The lowest BCUT2D eigenvalue weighted by Crippen LogP contribution is -2.28. The van der Waals surface area contributed by atoms with Crippen LogP contribution in [0.1, 0.15) is 42.1 Å². The van der Waals surface area contributed by atoms with E-state index in [0.717, 1.165) is 31.0 Å². The van der Waals surface area contributed by atoms with Crippen LogP contribution in [0.2, 0.25) is 0 Å². The van der Waals surface area contributed by atoms with Crippen LogP contribution in [0.5, 0.6) is 0 Å². The largest absolute Gasteiger partial charge is 0.312 e. The van der Waals surface area contributed by atoms with Crippen LogP contribution >= 0.6 is 0 Å². The standard InChI is InChI=1S/C13H16N6/c1-2-8(3-1)12-9-6-14-5-4-10(9)16-13(17-12)11-7-15-19-18-11/h7-8,14H,1-6H2,(H,15,18,19). The molecule has 6 heteroatoms. The van der Waals surface area contributed by atoms with Crippen molar-refractivity contribution < 1.29 is 0 Å². The second-order valence-electron chi connectivity index (χ2n) is 5.27. The quantitative estimate of drug-likeness (QED) is 0.843. The Bertz CT molecular complexity index is 587. The average molecular weight is 256 g/mol. The van der Waals surface area contributed by atoms with Crippen molar-refractivity contribution in [2.45, 2.75) is 38.1 Å². The van der Waals surface area contributed by atoms with Gasteiger partial charge in [0.2, 0.25) is 0 Å². The normalized spacial score (nSPS) is 18.9. The first kappa shape index (κ1) is 11.0. The molecule has 0 amide bonds. The number of H-pyrrole nitrogens is 1. The second-order valence-corrected chi connectivity index (χ2v) is 5.27. The maximum Gasteiger partial charge on any atom is 0.182 e. The van der Waals surface area contributed by atoms with Crippen molar-refractivity contribution in [3.05, 3.63) is 23.1 Å². The molecule has 19 heavy (non-hydrogen) atoms. The molecule has 1 fully saturated rings. The number of hydrogen-bond acceptors (Lipinski definition) is 5. The fourth-order valence-electron chi connectivity index (χ4n) is 2.81. The predicted molar refractivity (Wildman–Crippen MR) is 69.4 cm³/mol. The van der Waals surface area contributed by atoms with E-state index in [1.54, 1.807) is 6.20 Å². The summed E-state index contributed by atoms with van der Waals surface area (Å²) in [6.45, 7) is 1.90. The lowest BCUT2D eigenvalue weighted by molar-refractivity contribution is 0.404. The maximum absolute atomic E-state index is 4.78. The SMILES string of the molecule is c1n[nH]nc1-c1nc2c(c(C3CCC3)n1)CNCC2. The highest BCUT2D eigenvalue weighted by Crippen LogP contribution is 2.38. The third kappa shape index (κ3) is 1.83. The molecule has 0 radical (unpaired) electrons. The molecule has 2 N–H and O–H groups in total. The molecular formula is C13H16N6. The fourth-order valence-corrected chi connectivity index (χ4v) is 2.81. The summed E-state index contributed by atoms with van der Waals surface area (Å²) in [5, 5.41) is 14.0. The highest BCUT2D eigenvalue weighted by molar-refractivity contribution is 5.49. The highest BCUT2D eigenvalue weighted by Gasteiger charge is 2.28. The van der Waals surface area contributed by atoms with Crippen LogP contribution in [0, 0.1) is 0 Å². The number of hydrogen-bond donors (Lipinski definition) is 2. The van der Waals surface area contributed by atoms with Gasteiger partial charge in [-0.25, -0.2) is 9.97 Å². The lowest BCUT2D eigenvalue weighted by atomic mass is 9.80. The smallest absolute Gasteiger partial charge is 0.182 e. The van der Waals surface area contributed by atoms with Crippen molar-refractivity contribution in [1.82, 2.24) is 30.7 Å². The summed E-state index contributed by atoms with van der Waals surface area (Å²) in [4.78, 5) is 9.46. The van der Waals surface area contributed by atoms with E-state index in [2.05, 4.69) is 25.7 Å². The Kier molecular flexibility index (Phi) is 2.55. The number of aromatic amines is 1. The van der Waals surface area contributed by atoms with Crippen molar-refractivity contribution in [2.24, 2.45) is 0 Å². The van der Waals surface area contributed by atoms with E-state index in [0.29, 0.717) is 5.92 Å². The molecule has 3 heterocycles. The molecule has 0 saturated heterocycles. The van der Waals surface area contributed by atoms with Crippen molar-refractivity contribution in [2.75, 3.05) is 6.54 Å². The van der Waals surface area contributed by atoms with Crippen LogP contribution in [0.15, 0.2) is 6.20 Å². The van der Waals surface area contributed by atoms with Crippen molar-refractivity contribution >= 4 is 0 Å². The molecule has 2 aliphatic rings. The van der Waals surface area contributed by atoms with Gasteiger partial charge in [-0.05, 0) is 12.8 Å². The molecule has 1 aliphatic heterocycles. The minimum absolute atomic E-state index is 0.613. The predicted octanol–water partition coefficient (Wildman–Crippen LogP) is 1.17. The Morgan fingerprint density at radius 1 is 1.21 bits per heavy atom. The molecule has 0 spiro atoms. The number of nitrogens with one attached hydrogen (secondary N) is 2.